The molecule has 9 heteroatoms. The molecule has 0 bridgehead atoms. The van der Waals surface area contributed by atoms with E-state index in [-0.39, 0.29) is 4.90 Å². The maximum Gasteiger partial charge on any atom is 0.238 e. The number of nitriles is 1. The Labute approximate surface area is 122 Å². The van der Waals surface area contributed by atoms with Gasteiger partial charge in [0, 0.05) is 14.1 Å². The minimum Gasteiger partial charge on any atom is -0.376 e. The van der Waals surface area contributed by atoms with Crippen molar-refractivity contribution in [3.8, 4) is 6.19 Å². The summed E-state index contributed by atoms with van der Waals surface area (Å²) in [6.07, 6.45) is 3.53. The van der Waals surface area contributed by atoms with E-state index >= 15 is 0 Å². The highest BCUT2D eigenvalue weighted by Gasteiger charge is 2.13. The molecule has 0 amide bonds. The SMILES string of the molecule is CSC(=Nc1cc(S(N)(=O)=O)ccc1N(C)C)NC#N. The summed E-state index contributed by atoms with van der Waals surface area (Å²) in [5, 5.41) is 16.5. The topological polar surface area (TPSA) is 112 Å². The Bertz CT molecular complexity index is 662. The summed E-state index contributed by atoms with van der Waals surface area (Å²) in [5.74, 6) is 0. The highest BCUT2D eigenvalue weighted by molar-refractivity contribution is 8.13. The molecule has 0 spiro atoms. The van der Waals surface area contributed by atoms with Gasteiger partial charge in [0.05, 0.1) is 16.3 Å². The third kappa shape index (κ3) is 4.12. The van der Waals surface area contributed by atoms with Gasteiger partial charge in [-0.2, -0.15) is 5.26 Å². The van der Waals surface area contributed by atoms with Crippen LogP contribution in [0.2, 0.25) is 0 Å². The Hall–Kier alpha value is -1.76. The molecule has 0 saturated heterocycles. The van der Waals surface area contributed by atoms with E-state index in [0.717, 1.165) is 0 Å². The van der Waals surface area contributed by atoms with E-state index in [1.54, 1.807) is 37.5 Å². The normalized spacial score (nSPS) is 11.8. The number of amidine groups is 1. The molecule has 1 aromatic rings. The fourth-order valence-electron chi connectivity index (χ4n) is 1.43. The van der Waals surface area contributed by atoms with Crippen LogP contribution >= 0.6 is 11.8 Å². The van der Waals surface area contributed by atoms with Crippen molar-refractivity contribution in [2.24, 2.45) is 10.1 Å². The van der Waals surface area contributed by atoms with E-state index in [4.69, 9.17) is 10.4 Å². The van der Waals surface area contributed by atoms with Gasteiger partial charge in [0.25, 0.3) is 0 Å². The molecule has 0 aromatic heterocycles. The van der Waals surface area contributed by atoms with Gasteiger partial charge in [-0.1, -0.05) is 11.8 Å². The summed E-state index contributed by atoms with van der Waals surface area (Å²) in [4.78, 5) is 6.01. The van der Waals surface area contributed by atoms with E-state index < -0.39 is 10.0 Å². The Morgan fingerprint density at radius 3 is 2.60 bits per heavy atom. The molecule has 108 valence electrons. The van der Waals surface area contributed by atoms with Crippen molar-refractivity contribution < 1.29 is 8.42 Å². The first-order valence-corrected chi connectivity index (χ1v) is 8.18. The molecular weight excluding hydrogens is 298 g/mol. The van der Waals surface area contributed by atoms with Gasteiger partial charge in [0.1, 0.15) is 0 Å². The van der Waals surface area contributed by atoms with Crippen LogP contribution in [0.1, 0.15) is 0 Å². The van der Waals surface area contributed by atoms with Gasteiger partial charge < -0.3 is 4.90 Å². The monoisotopic (exact) mass is 313 g/mol. The summed E-state index contributed by atoms with van der Waals surface area (Å²) in [5.41, 5.74) is 1.12. The van der Waals surface area contributed by atoms with Crippen molar-refractivity contribution in [3.05, 3.63) is 18.2 Å². The molecule has 0 saturated carbocycles. The Morgan fingerprint density at radius 2 is 2.15 bits per heavy atom. The lowest BCUT2D eigenvalue weighted by molar-refractivity contribution is 0.598. The maximum atomic E-state index is 11.4. The number of nitrogens with one attached hydrogen (secondary N) is 1. The van der Waals surface area contributed by atoms with Gasteiger partial charge >= 0.3 is 0 Å². The van der Waals surface area contributed by atoms with Gasteiger partial charge in [-0.05, 0) is 24.5 Å². The number of thioether (sulfide) groups is 1. The van der Waals surface area contributed by atoms with Gasteiger partial charge in [-0.15, -0.1) is 0 Å². The van der Waals surface area contributed by atoms with Gasteiger partial charge in [0.15, 0.2) is 11.4 Å². The Balaban J connectivity index is 3.44. The van der Waals surface area contributed by atoms with Crippen LogP contribution < -0.4 is 15.4 Å². The summed E-state index contributed by atoms with van der Waals surface area (Å²) < 4.78 is 22.8. The predicted molar refractivity (Wildman–Crippen MR) is 81.5 cm³/mol. The lowest BCUT2D eigenvalue weighted by Crippen LogP contribution is -2.15. The fraction of sp³-hybridized carbons (Fsp3) is 0.273. The third-order valence-electron chi connectivity index (χ3n) is 2.34. The van der Waals surface area contributed by atoms with Crippen molar-refractivity contribution in [1.29, 1.82) is 5.26 Å². The zero-order chi connectivity index (χ0) is 15.3. The largest absolute Gasteiger partial charge is 0.376 e. The summed E-state index contributed by atoms with van der Waals surface area (Å²) >= 11 is 1.24. The first kappa shape index (κ1) is 16.3. The number of hydrogen-bond acceptors (Lipinski definition) is 6. The molecule has 0 heterocycles. The number of benzene rings is 1. The smallest absolute Gasteiger partial charge is 0.238 e. The second kappa shape index (κ2) is 6.60. The number of anilines is 1. The van der Waals surface area contributed by atoms with Crippen LogP contribution in [-0.2, 0) is 10.0 Å². The maximum absolute atomic E-state index is 11.4. The van der Waals surface area contributed by atoms with Crippen molar-refractivity contribution in [3.63, 3.8) is 0 Å². The van der Waals surface area contributed by atoms with Crippen molar-refractivity contribution in [2.75, 3.05) is 25.3 Å². The lowest BCUT2D eigenvalue weighted by atomic mass is 10.2. The molecule has 0 aliphatic heterocycles. The summed E-state index contributed by atoms with van der Waals surface area (Å²) in [6.45, 7) is 0. The molecule has 20 heavy (non-hydrogen) atoms. The molecule has 0 radical (unpaired) electrons. The number of primary sulfonamides is 1. The highest BCUT2D eigenvalue weighted by Crippen LogP contribution is 2.30. The number of hydrogen-bond donors (Lipinski definition) is 2. The first-order chi connectivity index (χ1) is 9.29. The van der Waals surface area contributed by atoms with Crippen LogP contribution in [0.25, 0.3) is 0 Å². The lowest BCUT2D eigenvalue weighted by Gasteiger charge is -2.16. The van der Waals surface area contributed by atoms with E-state index in [9.17, 15) is 8.42 Å². The number of sulfonamides is 1. The Kier molecular flexibility index (Phi) is 5.38. The average Bonchev–Trinajstić information content (AvgIpc) is 2.36. The molecule has 0 aliphatic rings. The zero-order valence-corrected chi connectivity index (χ0v) is 12.9. The molecule has 0 atom stereocenters. The molecule has 3 N–H and O–H groups in total. The number of nitrogens with two attached hydrogens (primary N) is 1. The van der Waals surface area contributed by atoms with Crippen LogP contribution in [0.3, 0.4) is 0 Å². The van der Waals surface area contributed by atoms with Gasteiger partial charge in [0.2, 0.25) is 10.0 Å². The third-order valence-corrected chi connectivity index (χ3v) is 3.83. The quantitative estimate of drug-likeness (QED) is 0.370. The van der Waals surface area contributed by atoms with E-state index in [0.29, 0.717) is 16.5 Å². The van der Waals surface area contributed by atoms with E-state index in [1.807, 2.05) is 0 Å². The van der Waals surface area contributed by atoms with E-state index in [1.165, 1.54) is 23.9 Å². The van der Waals surface area contributed by atoms with E-state index in [2.05, 4.69) is 10.3 Å². The van der Waals surface area contributed by atoms with Crippen LogP contribution in [-0.4, -0.2) is 33.9 Å². The molecule has 0 fully saturated rings. The van der Waals surface area contributed by atoms with Crippen molar-refractivity contribution >= 4 is 38.3 Å². The van der Waals surface area contributed by atoms with Crippen molar-refractivity contribution in [2.45, 2.75) is 4.90 Å². The molecular formula is C11H15N5O2S2. The number of aliphatic imine (C=N–C) groups is 1. The molecule has 1 rings (SSSR count). The standard InChI is InChI=1S/C11H15N5O2S2/c1-16(2)10-5-4-8(20(13,17)18)6-9(10)15-11(19-3)14-7-12/h4-6H,1-3H3,(H,14,15)(H2,13,17,18). The molecule has 7 nitrogen and oxygen atoms in total. The number of rotatable bonds is 3. The molecule has 1 aromatic carbocycles. The van der Waals surface area contributed by atoms with Crippen LogP contribution in [0, 0.1) is 11.5 Å². The highest BCUT2D eigenvalue weighted by atomic mass is 32.2. The van der Waals surface area contributed by atoms with Gasteiger partial charge in [-0.25, -0.2) is 18.5 Å². The van der Waals surface area contributed by atoms with Crippen LogP contribution in [0.5, 0.6) is 0 Å². The number of nitrogens with zero attached hydrogens (tertiary/aromatic N) is 3. The van der Waals surface area contributed by atoms with Gasteiger partial charge in [-0.3, -0.25) is 5.32 Å². The van der Waals surface area contributed by atoms with Crippen LogP contribution in [0.15, 0.2) is 28.1 Å². The second-order valence-corrected chi connectivity index (χ2v) is 6.30. The zero-order valence-electron chi connectivity index (χ0n) is 11.3. The summed E-state index contributed by atoms with van der Waals surface area (Å²) in [7, 11) is -0.189. The second-order valence-electron chi connectivity index (χ2n) is 3.95. The van der Waals surface area contributed by atoms with Crippen molar-refractivity contribution in [1.82, 2.24) is 5.32 Å². The van der Waals surface area contributed by atoms with Crippen LogP contribution in [0.4, 0.5) is 11.4 Å². The Morgan fingerprint density at radius 1 is 1.50 bits per heavy atom. The molecule has 0 unspecified atom stereocenters. The summed E-state index contributed by atoms with van der Waals surface area (Å²) in [6, 6.07) is 4.41. The fourth-order valence-corrected chi connectivity index (χ4v) is 2.30. The minimum absolute atomic E-state index is 0.0285. The predicted octanol–water partition coefficient (Wildman–Crippen LogP) is 0.821. The minimum atomic E-state index is -3.80. The molecule has 0 aliphatic carbocycles. The first-order valence-electron chi connectivity index (χ1n) is 5.41. The average molecular weight is 313 g/mol.